The van der Waals surface area contributed by atoms with Crippen molar-refractivity contribution in [3.63, 3.8) is 0 Å². The van der Waals surface area contributed by atoms with Gasteiger partial charge in [-0.05, 0) is 30.8 Å². The van der Waals surface area contributed by atoms with Crippen molar-refractivity contribution in [3.8, 4) is 11.3 Å². The predicted molar refractivity (Wildman–Crippen MR) is 61.4 cm³/mol. The highest BCUT2D eigenvalue weighted by atomic mass is 19.2. The van der Waals surface area contributed by atoms with Crippen LogP contribution in [0, 0.1) is 11.6 Å². The van der Waals surface area contributed by atoms with Crippen LogP contribution in [0.25, 0.3) is 11.3 Å². The molecule has 2 nitrogen and oxygen atoms in total. The molecule has 0 amide bonds. The average molecular weight is 237 g/mol. The molecule has 0 saturated heterocycles. The zero-order valence-corrected chi connectivity index (χ0v) is 9.47. The summed E-state index contributed by atoms with van der Waals surface area (Å²) in [5.41, 5.74) is 0.146. The molecule has 2 aromatic rings. The van der Waals surface area contributed by atoms with Crippen molar-refractivity contribution < 1.29 is 13.2 Å². The topological polar surface area (TPSA) is 25.2 Å². The third-order valence-electron chi connectivity index (χ3n) is 2.43. The second-order valence-corrected chi connectivity index (χ2v) is 3.65. The van der Waals surface area contributed by atoms with Crippen LogP contribution in [-0.4, -0.2) is 6.54 Å². The Morgan fingerprint density at radius 2 is 2.00 bits per heavy atom. The molecule has 0 aliphatic rings. The summed E-state index contributed by atoms with van der Waals surface area (Å²) in [6, 6.07) is 7.43. The zero-order chi connectivity index (χ0) is 12.3. The molecule has 0 saturated carbocycles. The van der Waals surface area contributed by atoms with Crippen LogP contribution in [0.15, 0.2) is 34.7 Å². The van der Waals surface area contributed by atoms with Gasteiger partial charge < -0.3 is 9.73 Å². The summed E-state index contributed by atoms with van der Waals surface area (Å²) in [4.78, 5) is 0. The number of halogens is 2. The van der Waals surface area contributed by atoms with Gasteiger partial charge in [0.1, 0.15) is 11.5 Å². The van der Waals surface area contributed by atoms with Crippen molar-refractivity contribution >= 4 is 0 Å². The van der Waals surface area contributed by atoms with Gasteiger partial charge in [-0.25, -0.2) is 8.78 Å². The van der Waals surface area contributed by atoms with E-state index < -0.39 is 11.6 Å². The Bertz CT molecular complexity index is 508. The van der Waals surface area contributed by atoms with E-state index in [1.54, 1.807) is 12.1 Å². The normalized spacial score (nSPS) is 10.8. The third-order valence-corrected chi connectivity index (χ3v) is 2.43. The van der Waals surface area contributed by atoms with Gasteiger partial charge in [-0.1, -0.05) is 13.0 Å². The zero-order valence-electron chi connectivity index (χ0n) is 9.47. The largest absolute Gasteiger partial charge is 0.460 e. The average Bonchev–Trinajstić information content (AvgIpc) is 2.78. The smallest absolute Gasteiger partial charge is 0.169 e. The van der Waals surface area contributed by atoms with E-state index in [0.29, 0.717) is 18.1 Å². The van der Waals surface area contributed by atoms with Crippen molar-refractivity contribution in [1.29, 1.82) is 0 Å². The molecule has 90 valence electrons. The molecule has 0 aliphatic carbocycles. The molecule has 4 heteroatoms. The van der Waals surface area contributed by atoms with Gasteiger partial charge in [0, 0.05) is 0 Å². The number of hydrogen-bond acceptors (Lipinski definition) is 2. The highest BCUT2D eigenvalue weighted by Crippen LogP contribution is 2.26. The van der Waals surface area contributed by atoms with Gasteiger partial charge in [-0.3, -0.25) is 0 Å². The molecule has 0 unspecified atom stereocenters. The SMILES string of the molecule is CCNCc1ccc(-c2cccc(F)c2F)o1. The minimum absolute atomic E-state index is 0.146. The van der Waals surface area contributed by atoms with Crippen LogP contribution in [0.1, 0.15) is 12.7 Å². The molecule has 17 heavy (non-hydrogen) atoms. The lowest BCUT2D eigenvalue weighted by molar-refractivity contribution is 0.483. The fourth-order valence-corrected chi connectivity index (χ4v) is 1.56. The molecule has 0 spiro atoms. The van der Waals surface area contributed by atoms with Crippen LogP contribution >= 0.6 is 0 Å². The Morgan fingerprint density at radius 3 is 2.76 bits per heavy atom. The number of rotatable bonds is 4. The standard InChI is InChI=1S/C13H13F2NO/c1-2-16-8-9-6-7-12(17-9)10-4-3-5-11(14)13(10)15/h3-7,16H,2,8H2,1H3. The first-order valence-electron chi connectivity index (χ1n) is 5.46. The van der Waals surface area contributed by atoms with Gasteiger partial charge in [0.05, 0.1) is 12.1 Å². The van der Waals surface area contributed by atoms with Gasteiger partial charge in [0.15, 0.2) is 11.6 Å². The van der Waals surface area contributed by atoms with Crippen LogP contribution in [-0.2, 0) is 6.54 Å². The maximum Gasteiger partial charge on any atom is 0.169 e. The van der Waals surface area contributed by atoms with Crippen LogP contribution in [0.5, 0.6) is 0 Å². The lowest BCUT2D eigenvalue weighted by Crippen LogP contribution is -2.10. The Morgan fingerprint density at radius 1 is 1.18 bits per heavy atom. The molecular weight excluding hydrogens is 224 g/mol. The third kappa shape index (κ3) is 2.53. The van der Waals surface area contributed by atoms with Gasteiger partial charge >= 0.3 is 0 Å². The minimum Gasteiger partial charge on any atom is -0.460 e. The van der Waals surface area contributed by atoms with Gasteiger partial charge in [0.25, 0.3) is 0 Å². The lowest BCUT2D eigenvalue weighted by atomic mass is 10.1. The summed E-state index contributed by atoms with van der Waals surface area (Å²) in [6.45, 7) is 3.38. The van der Waals surface area contributed by atoms with E-state index in [0.717, 1.165) is 12.6 Å². The number of benzene rings is 1. The van der Waals surface area contributed by atoms with Crippen molar-refractivity contribution in [2.45, 2.75) is 13.5 Å². The molecule has 0 radical (unpaired) electrons. The van der Waals surface area contributed by atoms with Crippen molar-refractivity contribution in [2.24, 2.45) is 0 Å². The summed E-state index contributed by atoms with van der Waals surface area (Å²) in [7, 11) is 0. The van der Waals surface area contributed by atoms with E-state index in [-0.39, 0.29) is 5.56 Å². The Hall–Kier alpha value is -1.68. The summed E-state index contributed by atoms with van der Waals surface area (Å²) >= 11 is 0. The van der Waals surface area contributed by atoms with Crippen LogP contribution in [0.4, 0.5) is 8.78 Å². The second kappa shape index (κ2) is 5.10. The molecule has 1 N–H and O–H groups in total. The van der Waals surface area contributed by atoms with E-state index in [2.05, 4.69) is 5.32 Å². The number of hydrogen-bond donors (Lipinski definition) is 1. The molecular formula is C13H13F2NO. The Balaban J connectivity index is 2.27. The molecule has 1 aromatic heterocycles. The summed E-state index contributed by atoms with van der Waals surface area (Å²) in [5, 5.41) is 3.09. The van der Waals surface area contributed by atoms with E-state index in [9.17, 15) is 8.78 Å². The first-order valence-corrected chi connectivity index (χ1v) is 5.46. The van der Waals surface area contributed by atoms with Crippen LogP contribution < -0.4 is 5.32 Å². The van der Waals surface area contributed by atoms with Gasteiger partial charge in [-0.2, -0.15) is 0 Å². The molecule has 0 atom stereocenters. The summed E-state index contributed by atoms with van der Waals surface area (Å²) in [6.07, 6.45) is 0. The monoisotopic (exact) mass is 237 g/mol. The van der Waals surface area contributed by atoms with E-state index in [1.807, 2.05) is 6.92 Å². The Kier molecular flexibility index (Phi) is 3.54. The summed E-state index contributed by atoms with van der Waals surface area (Å²) in [5.74, 6) is -0.704. The number of furan rings is 1. The highest BCUT2D eigenvalue weighted by Gasteiger charge is 2.12. The maximum absolute atomic E-state index is 13.5. The fourth-order valence-electron chi connectivity index (χ4n) is 1.56. The van der Waals surface area contributed by atoms with Gasteiger partial charge in [0.2, 0.25) is 0 Å². The quantitative estimate of drug-likeness (QED) is 0.882. The molecule has 0 fully saturated rings. The molecule has 0 bridgehead atoms. The fraction of sp³-hybridized carbons (Fsp3) is 0.231. The second-order valence-electron chi connectivity index (χ2n) is 3.65. The van der Waals surface area contributed by atoms with Crippen molar-refractivity contribution in [3.05, 3.63) is 47.7 Å². The van der Waals surface area contributed by atoms with Crippen LogP contribution in [0.2, 0.25) is 0 Å². The maximum atomic E-state index is 13.5. The molecule has 2 rings (SSSR count). The predicted octanol–water partition coefficient (Wildman–Crippen LogP) is 3.33. The Labute approximate surface area is 98.3 Å². The molecule has 1 heterocycles. The minimum atomic E-state index is -0.878. The molecule has 0 aliphatic heterocycles. The van der Waals surface area contributed by atoms with Gasteiger partial charge in [-0.15, -0.1) is 0 Å². The molecule has 1 aromatic carbocycles. The van der Waals surface area contributed by atoms with E-state index in [1.165, 1.54) is 12.1 Å². The first-order chi connectivity index (χ1) is 8.22. The lowest BCUT2D eigenvalue weighted by Gasteiger charge is -2.01. The van der Waals surface area contributed by atoms with E-state index >= 15 is 0 Å². The van der Waals surface area contributed by atoms with Crippen LogP contribution in [0.3, 0.4) is 0 Å². The van der Waals surface area contributed by atoms with Crippen molar-refractivity contribution in [1.82, 2.24) is 5.32 Å². The first kappa shape index (κ1) is 11.8. The van der Waals surface area contributed by atoms with Crippen molar-refractivity contribution in [2.75, 3.05) is 6.54 Å². The highest BCUT2D eigenvalue weighted by molar-refractivity contribution is 5.58. The number of nitrogens with one attached hydrogen (secondary N) is 1. The summed E-state index contributed by atoms with van der Waals surface area (Å²) < 4.78 is 32.0. The van der Waals surface area contributed by atoms with E-state index in [4.69, 9.17) is 4.42 Å².